The molecule has 0 amide bonds. The van der Waals surface area contributed by atoms with Gasteiger partial charge in [-0.2, -0.15) is 0 Å². The standard InChI is InChI=1S/C57H36N4O2/c1-4-14-37(15-5-1)39-26-30-42(31-27-39)61(43-32-28-40(29-33-43)38-16-6-2-7-17-38)44-34-35-46-52(36-44)63-51-25-13-22-48(54(46)51)57-59-55(41-18-8-3-9-19-41)58-56(60-57)47-21-12-24-50-53(47)45-20-10-11-23-49(45)62-50/h1-36H. The molecule has 12 aromatic rings. The Balaban J connectivity index is 1.01. The molecule has 0 N–H and O–H groups in total. The lowest BCUT2D eigenvalue weighted by molar-refractivity contribution is 0.668. The highest BCUT2D eigenvalue weighted by molar-refractivity contribution is 6.14. The van der Waals surface area contributed by atoms with Crippen molar-refractivity contribution in [2.75, 3.05) is 4.90 Å². The first-order valence-corrected chi connectivity index (χ1v) is 21.0. The average molecular weight is 809 g/mol. The first kappa shape index (κ1) is 36.3. The van der Waals surface area contributed by atoms with E-state index in [0.717, 1.165) is 88.8 Å². The first-order valence-electron chi connectivity index (χ1n) is 21.0. The van der Waals surface area contributed by atoms with Crippen LogP contribution in [-0.2, 0) is 0 Å². The Bertz CT molecular complexity index is 3520. The number of benzene rings is 9. The largest absolute Gasteiger partial charge is 0.456 e. The summed E-state index contributed by atoms with van der Waals surface area (Å²) in [6.45, 7) is 0. The lowest BCUT2D eigenvalue weighted by atomic mass is 10.0. The van der Waals surface area contributed by atoms with Gasteiger partial charge in [0, 0.05) is 61.4 Å². The molecule has 0 aliphatic carbocycles. The SMILES string of the molecule is c1ccc(-c2ccc(N(c3ccc(-c4ccccc4)cc3)c3ccc4c(c3)oc3cccc(-c5nc(-c6ccccc6)nc(-c6cccc7oc8ccccc8c67)n5)c34)cc2)cc1. The molecule has 6 heteroatoms. The summed E-state index contributed by atoms with van der Waals surface area (Å²) in [5.41, 5.74) is 13.4. The van der Waals surface area contributed by atoms with E-state index in [-0.39, 0.29) is 0 Å². The van der Waals surface area contributed by atoms with Crippen LogP contribution in [0.25, 0.3) is 100 Å². The summed E-state index contributed by atoms with van der Waals surface area (Å²) in [6, 6.07) is 75.2. The quantitative estimate of drug-likeness (QED) is 0.152. The molecule has 3 aromatic heterocycles. The molecule has 0 saturated carbocycles. The molecular formula is C57H36N4O2. The molecule has 0 spiro atoms. The van der Waals surface area contributed by atoms with Crippen LogP contribution in [0.3, 0.4) is 0 Å². The Hall–Kier alpha value is -8.61. The lowest BCUT2D eigenvalue weighted by Gasteiger charge is -2.26. The second kappa shape index (κ2) is 15.1. The molecule has 63 heavy (non-hydrogen) atoms. The molecule has 0 aliphatic rings. The Labute approximate surface area is 363 Å². The van der Waals surface area contributed by atoms with E-state index in [4.69, 9.17) is 23.8 Å². The van der Waals surface area contributed by atoms with Gasteiger partial charge in [-0.3, -0.25) is 0 Å². The van der Waals surface area contributed by atoms with Crippen LogP contribution in [0.5, 0.6) is 0 Å². The normalized spacial score (nSPS) is 11.5. The third-order valence-electron chi connectivity index (χ3n) is 11.8. The van der Waals surface area contributed by atoms with Crippen molar-refractivity contribution >= 4 is 60.9 Å². The predicted molar refractivity (Wildman–Crippen MR) is 256 cm³/mol. The van der Waals surface area contributed by atoms with E-state index in [2.05, 4.69) is 138 Å². The fourth-order valence-corrected chi connectivity index (χ4v) is 8.75. The van der Waals surface area contributed by atoms with Crippen LogP contribution in [0, 0.1) is 0 Å². The Morgan fingerprint density at radius 1 is 0.286 bits per heavy atom. The lowest BCUT2D eigenvalue weighted by Crippen LogP contribution is -2.09. The van der Waals surface area contributed by atoms with Gasteiger partial charge in [0.25, 0.3) is 0 Å². The van der Waals surface area contributed by atoms with Crippen molar-refractivity contribution < 1.29 is 8.83 Å². The maximum Gasteiger partial charge on any atom is 0.164 e. The van der Waals surface area contributed by atoms with Crippen LogP contribution < -0.4 is 4.90 Å². The van der Waals surface area contributed by atoms with E-state index in [0.29, 0.717) is 17.5 Å². The van der Waals surface area contributed by atoms with Crippen LogP contribution in [0.2, 0.25) is 0 Å². The number of nitrogens with zero attached hydrogens (tertiary/aromatic N) is 4. The minimum Gasteiger partial charge on any atom is -0.456 e. The number of hydrogen-bond acceptors (Lipinski definition) is 6. The highest BCUT2D eigenvalue weighted by Crippen LogP contribution is 2.43. The predicted octanol–water partition coefficient (Wildman–Crippen LogP) is 15.5. The molecule has 0 aliphatic heterocycles. The van der Waals surface area contributed by atoms with Crippen LogP contribution in [0.1, 0.15) is 0 Å². The van der Waals surface area contributed by atoms with Crippen molar-refractivity contribution in [3.05, 3.63) is 218 Å². The maximum atomic E-state index is 6.75. The van der Waals surface area contributed by atoms with Gasteiger partial charge in [0.2, 0.25) is 0 Å². The highest BCUT2D eigenvalue weighted by atomic mass is 16.3. The second-order valence-electron chi connectivity index (χ2n) is 15.6. The molecule has 9 aromatic carbocycles. The summed E-state index contributed by atoms with van der Waals surface area (Å²) in [5, 5.41) is 3.89. The number of rotatable bonds is 8. The number of anilines is 3. The number of para-hydroxylation sites is 1. The van der Waals surface area contributed by atoms with Gasteiger partial charge in [-0.05, 0) is 76.9 Å². The zero-order valence-corrected chi connectivity index (χ0v) is 33.9. The monoisotopic (exact) mass is 808 g/mol. The van der Waals surface area contributed by atoms with Crippen molar-refractivity contribution in [3.8, 4) is 56.4 Å². The highest BCUT2D eigenvalue weighted by Gasteiger charge is 2.22. The average Bonchev–Trinajstić information content (AvgIpc) is 3.94. The number of hydrogen-bond donors (Lipinski definition) is 0. The van der Waals surface area contributed by atoms with Gasteiger partial charge in [0.1, 0.15) is 22.3 Å². The molecule has 0 bridgehead atoms. The minimum absolute atomic E-state index is 0.555. The smallest absolute Gasteiger partial charge is 0.164 e. The van der Waals surface area contributed by atoms with Crippen LogP contribution >= 0.6 is 0 Å². The maximum absolute atomic E-state index is 6.75. The first-order chi connectivity index (χ1) is 31.2. The Morgan fingerprint density at radius 2 is 0.698 bits per heavy atom. The van der Waals surface area contributed by atoms with E-state index in [9.17, 15) is 0 Å². The van der Waals surface area contributed by atoms with Gasteiger partial charge in [0.05, 0.1) is 0 Å². The molecule has 0 fully saturated rings. The molecule has 3 heterocycles. The molecular weight excluding hydrogens is 773 g/mol. The number of fused-ring (bicyclic) bond motifs is 6. The molecule has 0 atom stereocenters. The molecule has 0 saturated heterocycles. The fraction of sp³-hybridized carbons (Fsp3) is 0. The summed E-state index contributed by atoms with van der Waals surface area (Å²) in [4.78, 5) is 17.8. The van der Waals surface area contributed by atoms with E-state index in [1.807, 2.05) is 84.9 Å². The van der Waals surface area contributed by atoms with Crippen molar-refractivity contribution in [1.29, 1.82) is 0 Å². The fourth-order valence-electron chi connectivity index (χ4n) is 8.75. The van der Waals surface area contributed by atoms with Crippen molar-refractivity contribution in [1.82, 2.24) is 15.0 Å². The second-order valence-corrected chi connectivity index (χ2v) is 15.6. The van der Waals surface area contributed by atoms with Crippen LogP contribution in [0.4, 0.5) is 17.1 Å². The summed E-state index contributed by atoms with van der Waals surface area (Å²) >= 11 is 0. The van der Waals surface area contributed by atoms with Gasteiger partial charge in [-0.25, -0.2) is 15.0 Å². The Kier molecular flexibility index (Phi) is 8.71. The van der Waals surface area contributed by atoms with E-state index in [1.165, 1.54) is 11.1 Å². The Morgan fingerprint density at radius 3 is 1.25 bits per heavy atom. The third kappa shape index (κ3) is 6.49. The van der Waals surface area contributed by atoms with Gasteiger partial charge in [0.15, 0.2) is 17.5 Å². The molecule has 6 nitrogen and oxygen atoms in total. The van der Waals surface area contributed by atoms with Crippen molar-refractivity contribution in [3.63, 3.8) is 0 Å². The van der Waals surface area contributed by atoms with Crippen molar-refractivity contribution in [2.45, 2.75) is 0 Å². The molecule has 0 radical (unpaired) electrons. The van der Waals surface area contributed by atoms with Gasteiger partial charge in [-0.15, -0.1) is 0 Å². The zero-order valence-electron chi connectivity index (χ0n) is 33.9. The molecule has 12 rings (SSSR count). The van der Waals surface area contributed by atoms with Crippen molar-refractivity contribution in [2.24, 2.45) is 0 Å². The topological polar surface area (TPSA) is 68.2 Å². The molecule has 0 unspecified atom stereocenters. The van der Waals surface area contributed by atoms with Gasteiger partial charge in [-0.1, -0.05) is 158 Å². The van der Waals surface area contributed by atoms with E-state index < -0.39 is 0 Å². The third-order valence-corrected chi connectivity index (χ3v) is 11.8. The zero-order chi connectivity index (χ0) is 41.7. The van der Waals surface area contributed by atoms with Gasteiger partial charge >= 0.3 is 0 Å². The summed E-state index contributed by atoms with van der Waals surface area (Å²) < 4.78 is 13.0. The van der Waals surface area contributed by atoms with E-state index in [1.54, 1.807) is 0 Å². The number of furan rings is 2. The summed E-state index contributed by atoms with van der Waals surface area (Å²) in [7, 11) is 0. The summed E-state index contributed by atoms with van der Waals surface area (Å²) in [5.74, 6) is 1.70. The van der Waals surface area contributed by atoms with Crippen LogP contribution in [-0.4, -0.2) is 15.0 Å². The van der Waals surface area contributed by atoms with E-state index >= 15 is 0 Å². The van der Waals surface area contributed by atoms with Crippen LogP contribution in [0.15, 0.2) is 227 Å². The number of aromatic nitrogens is 3. The molecule has 296 valence electrons. The minimum atomic E-state index is 0.555. The van der Waals surface area contributed by atoms with Gasteiger partial charge < -0.3 is 13.7 Å². The summed E-state index contributed by atoms with van der Waals surface area (Å²) in [6.07, 6.45) is 0.